The van der Waals surface area contributed by atoms with Crippen LogP contribution in [0.3, 0.4) is 0 Å². The van der Waals surface area contributed by atoms with Crippen molar-refractivity contribution in [2.24, 2.45) is 0 Å². The fourth-order valence-corrected chi connectivity index (χ4v) is 2.97. The molecular weight excluding hydrogens is 336 g/mol. The summed E-state index contributed by atoms with van der Waals surface area (Å²) in [6.07, 6.45) is 0. The summed E-state index contributed by atoms with van der Waals surface area (Å²) in [5.41, 5.74) is 0. The van der Waals surface area contributed by atoms with Crippen LogP contribution in [0, 0.1) is 6.07 Å². The molecule has 2 aromatic carbocycles. The predicted molar refractivity (Wildman–Crippen MR) is 71.2 cm³/mol. The van der Waals surface area contributed by atoms with Gasteiger partial charge in [0, 0.05) is 18.7 Å². The standard InChI is InChI=1S/C12H7Br2S/c13-10-7-4-8-11(12(10)14)15-9-5-2-1-3-6-9/h1-6,8H. The summed E-state index contributed by atoms with van der Waals surface area (Å²) >= 11 is 8.71. The Kier molecular flexibility index (Phi) is 3.89. The molecule has 3 heteroatoms. The Morgan fingerprint density at radius 3 is 2.47 bits per heavy atom. The average molecular weight is 343 g/mol. The van der Waals surface area contributed by atoms with Gasteiger partial charge in [-0.3, -0.25) is 0 Å². The second-order valence-electron chi connectivity index (χ2n) is 2.89. The minimum absolute atomic E-state index is 0.962. The highest BCUT2D eigenvalue weighted by molar-refractivity contribution is 9.13. The van der Waals surface area contributed by atoms with Crippen LogP contribution >= 0.6 is 43.6 Å². The summed E-state index contributed by atoms with van der Waals surface area (Å²) in [7, 11) is 0. The minimum atomic E-state index is 0.962. The Morgan fingerprint density at radius 1 is 1.00 bits per heavy atom. The molecule has 0 aliphatic carbocycles. The van der Waals surface area contributed by atoms with E-state index in [0.29, 0.717) is 0 Å². The van der Waals surface area contributed by atoms with E-state index in [9.17, 15) is 0 Å². The van der Waals surface area contributed by atoms with E-state index in [1.165, 1.54) is 9.79 Å². The topological polar surface area (TPSA) is 0 Å². The second kappa shape index (κ2) is 5.19. The summed E-state index contributed by atoms with van der Waals surface area (Å²) in [5, 5.41) is 0. The van der Waals surface area contributed by atoms with Crippen LogP contribution in [0.25, 0.3) is 0 Å². The second-order valence-corrected chi connectivity index (χ2v) is 5.59. The molecule has 0 bridgehead atoms. The van der Waals surface area contributed by atoms with Gasteiger partial charge in [-0.1, -0.05) is 36.0 Å². The van der Waals surface area contributed by atoms with Gasteiger partial charge in [0.15, 0.2) is 0 Å². The van der Waals surface area contributed by atoms with Crippen molar-refractivity contribution in [3.8, 4) is 0 Å². The molecule has 0 heterocycles. The van der Waals surface area contributed by atoms with Crippen LogP contribution in [-0.2, 0) is 0 Å². The minimum Gasteiger partial charge on any atom is -0.0889 e. The van der Waals surface area contributed by atoms with Crippen molar-refractivity contribution in [3.63, 3.8) is 0 Å². The number of rotatable bonds is 2. The third kappa shape index (κ3) is 2.86. The lowest BCUT2D eigenvalue weighted by Crippen LogP contribution is -1.77. The van der Waals surface area contributed by atoms with Crippen LogP contribution in [0.5, 0.6) is 0 Å². The van der Waals surface area contributed by atoms with Crippen molar-refractivity contribution >= 4 is 43.6 Å². The Labute approximate surface area is 110 Å². The van der Waals surface area contributed by atoms with Crippen LogP contribution in [0.2, 0.25) is 0 Å². The zero-order chi connectivity index (χ0) is 10.7. The number of halogens is 2. The molecule has 0 aliphatic heterocycles. The van der Waals surface area contributed by atoms with Gasteiger partial charge in [0.05, 0.1) is 0 Å². The van der Waals surface area contributed by atoms with Gasteiger partial charge in [0.1, 0.15) is 0 Å². The lowest BCUT2D eigenvalue weighted by atomic mass is 10.4. The molecule has 1 radical (unpaired) electrons. The van der Waals surface area contributed by atoms with E-state index >= 15 is 0 Å². The third-order valence-electron chi connectivity index (χ3n) is 1.82. The molecule has 2 aromatic rings. The molecule has 0 aliphatic rings. The molecule has 0 amide bonds. The zero-order valence-electron chi connectivity index (χ0n) is 7.71. The van der Waals surface area contributed by atoms with Crippen LogP contribution in [0.4, 0.5) is 0 Å². The first-order valence-corrected chi connectivity index (χ1v) is 6.76. The quantitative estimate of drug-likeness (QED) is 0.726. The van der Waals surface area contributed by atoms with E-state index in [1.54, 1.807) is 11.8 Å². The largest absolute Gasteiger partial charge is 0.0889 e. The molecule has 75 valence electrons. The van der Waals surface area contributed by atoms with Crippen LogP contribution in [0.15, 0.2) is 61.2 Å². The van der Waals surface area contributed by atoms with Gasteiger partial charge >= 0.3 is 0 Å². The smallest absolute Gasteiger partial charge is 0.0463 e. The Hall–Kier alpha value is -0.250. The molecular formula is C12H7Br2S. The maximum atomic E-state index is 3.54. The van der Waals surface area contributed by atoms with Crippen molar-refractivity contribution in [3.05, 3.63) is 57.5 Å². The van der Waals surface area contributed by atoms with E-state index in [4.69, 9.17) is 0 Å². The van der Waals surface area contributed by atoms with Crippen molar-refractivity contribution in [1.82, 2.24) is 0 Å². The third-order valence-corrected chi connectivity index (χ3v) is 5.14. The van der Waals surface area contributed by atoms with Crippen molar-refractivity contribution in [2.75, 3.05) is 0 Å². The SMILES string of the molecule is Brc1[c]ccc(Sc2ccccc2)c1Br. The van der Waals surface area contributed by atoms with Gasteiger partial charge in [0.25, 0.3) is 0 Å². The highest BCUT2D eigenvalue weighted by Gasteiger charge is 2.04. The van der Waals surface area contributed by atoms with Crippen molar-refractivity contribution < 1.29 is 0 Å². The Bertz CT molecular complexity index is 454. The molecule has 0 spiro atoms. The Morgan fingerprint density at radius 2 is 1.73 bits per heavy atom. The molecule has 0 fully saturated rings. The van der Waals surface area contributed by atoms with Gasteiger partial charge in [-0.2, -0.15) is 0 Å². The molecule has 0 nitrogen and oxygen atoms in total. The summed E-state index contributed by atoms with van der Waals surface area (Å²) in [4.78, 5) is 2.42. The first-order valence-electron chi connectivity index (χ1n) is 4.36. The molecule has 0 saturated carbocycles. The van der Waals surface area contributed by atoms with Crippen LogP contribution < -0.4 is 0 Å². The predicted octanol–water partition coefficient (Wildman–Crippen LogP) is 5.16. The fraction of sp³-hybridized carbons (Fsp3) is 0. The molecule has 0 atom stereocenters. The average Bonchev–Trinajstić information content (AvgIpc) is 2.26. The van der Waals surface area contributed by atoms with E-state index in [0.717, 1.165) is 8.95 Å². The van der Waals surface area contributed by atoms with Gasteiger partial charge in [-0.25, -0.2) is 0 Å². The molecule has 0 unspecified atom stereocenters. The fourth-order valence-electron chi connectivity index (χ4n) is 1.13. The summed E-state index contributed by atoms with van der Waals surface area (Å²) in [6, 6.07) is 17.4. The van der Waals surface area contributed by atoms with Gasteiger partial charge in [-0.05, 0) is 56.1 Å². The first kappa shape index (κ1) is 11.2. The zero-order valence-corrected chi connectivity index (χ0v) is 11.7. The summed E-state index contributed by atoms with van der Waals surface area (Å²) in [5.74, 6) is 0. The number of hydrogen-bond donors (Lipinski definition) is 0. The molecule has 0 aromatic heterocycles. The Balaban J connectivity index is 2.29. The van der Waals surface area contributed by atoms with E-state index in [1.807, 2.05) is 30.3 Å². The maximum absolute atomic E-state index is 3.54. The summed E-state index contributed by atoms with van der Waals surface area (Å²) < 4.78 is 2.02. The maximum Gasteiger partial charge on any atom is 0.0463 e. The van der Waals surface area contributed by atoms with Crippen LogP contribution in [-0.4, -0.2) is 0 Å². The normalized spacial score (nSPS) is 10.3. The molecule has 0 N–H and O–H groups in total. The highest BCUT2D eigenvalue weighted by atomic mass is 79.9. The van der Waals surface area contributed by atoms with Crippen LogP contribution in [0.1, 0.15) is 0 Å². The monoisotopic (exact) mass is 341 g/mol. The lowest BCUT2D eigenvalue weighted by molar-refractivity contribution is 1.35. The van der Waals surface area contributed by atoms with Gasteiger partial charge < -0.3 is 0 Å². The van der Waals surface area contributed by atoms with E-state index in [-0.39, 0.29) is 0 Å². The van der Waals surface area contributed by atoms with Gasteiger partial charge in [-0.15, -0.1) is 0 Å². The first-order chi connectivity index (χ1) is 7.27. The van der Waals surface area contributed by atoms with E-state index < -0.39 is 0 Å². The van der Waals surface area contributed by atoms with Gasteiger partial charge in [0.2, 0.25) is 0 Å². The van der Waals surface area contributed by atoms with Crippen molar-refractivity contribution in [1.29, 1.82) is 0 Å². The summed E-state index contributed by atoms with van der Waals surface area (Å²) in [6.45, 7) is 0. The lowest BCUT2D eigenvalue weighted by Gasteiger charge is -2.05. The molecule has 15 heavy (non-hydrogen) atoms. The van der Waals surface area contributed by atoms with E-state index in [2.05, 4.69) is 50.1 Å². The highest BCUT2D eigenvalue weighted by Crippen LogP contribution is 2.36. The number of hydrogen-bond acceptors (Lipinski definition) is 1. The van der Waals surface area contributed by atoms with Crippen molar-refractivity contribution in [2.45, 2.75) is 9.79 Å². The molecule has 2 rings (SSSR count). The number of benzene rings is 2. The molecule has 0 saturated heterocycles.